The van der Waals surface area contributed by atoms with Crippen LogP contribution < -0.4 is 0 Å². The first-order chi connectivity index (χ1) is 5.63. The number of rotatable bonds is 0. The van der Waals surface area contributed by atoms with Gasteiger partial charge in [-0.1, -0.05) is 25.5 Å². The van der Waals surface area contributed by atoms with Crippen molar-refractivity contribution in [2.24, 2.45) is 5.92 Å². The topological polar surface area (TPSA) is 20.2 Å². The second-order valence-electron chi connectivity index (χ2n) is 3.78. The highest BCUT2D eigenvalue weighted by Crippen LogP contribution is 2.15. The summed E-state index contributed by atoms with van der Waals surface area (Å²) in [6.45, 7) is 6.02. The molecule has 0 radical (unpaired) electrons. The van der Waals surface area contributed by atoms with Crippen molar-refractivity contribution in [3.05, 3.63) is 12.2 Å². The van der Waals surface area contributed by atoms with E-state index in [1.165, 1.54) is 25.7 Å². The van der Waals surface area contributed by atoms with Crippen LogP contribution >= 0.6 is 0 Å². The first-order valence-electron chi connectivity index (χ1n) is 4.97. The Kier molecular flexibility index (Phi) is 7.51. The molecule has 0 heterocycles. The van der Waals surface area contributed by atoms with Gasteiger partial charge in [0, 0.05) is 0 Å². The quantitative estimate of drug-likeness (QED) is 0.455. The molecule has 1 nitrogen and oxygen atoms in total. The summed E-state index contributed by atoms with van der Waals surface area (Å²) in [5.74, 6) is 0.845. The third kappa shape index (κ3) is 9.92. The van der Waals surface area contributed by atoms with Crippen molar-refractivity contribution in [2.45, 2.75) is 45.7 Å². The van der Waals surface area contributed by atoms with E-state index in [-0.39, 0.29) is 0 Å². The Labute approximate surface area is 78.2 Å². The van der Waals surface area contributed by atoms with Gasteiger partial charge >= 0.3 is 0 Å². The zero-order valence-corrected chi connectivity index (χ0v) is 9.74. The van der Waals surface area contributed by atoms with E-state index in [9.17, 15) is 0 Å². The first kappa shape index (κ1) is 11.9. The minimum Gasteiger partial charge on any atom is -0.435 e. The molecule has 0 aromatic rings. The van der Waals surface area contributed by atoms with Crippen LogP contribution in [-0.4, -0.2) is 13.8 Å². The molecule has 0 aromatic carbocycles. The first-order valence-corrected chi connectivity index (χ1v) is 7.80. The van der Waals surface area contributed by atoms with Crippen molar-refractivity contribution in [3.8, 4) is 0 Å². The molecule has 0 saturated carbocycles. The molecule has 0 aromatic heterocycles. The summed E-state index contributed by atoms with van der Waals surface area (Å²) in [5.41, 5.74) is 0. The highest BCUT2D eigenvalue weighted by Gasteiger charge is 1.98. The Morgan fingerprint density at radius 1 is 1.33 bits per heavy atom. The smallest absolute Gasteiger partial charge is 0.166 e. The molecular weight excluding hydrogens is 164 g/mol. The molecule has 0 fully saturated rings. The summed E-state index contributed by atoms with van der Waals surface area (Å²) in [7, 11) is -1.14. The number of hydrogen-bond donors (Lipinski definition) is 1. The minimum absolute atomic E-state index is 0.845. The molecule has 12 heavy (non-hydrogen) atoms. The number of hydrogen-bond acceptors (Lipinski definition) is 1. The Morgan fingerprint density at radius 2 is 1.92 bits per heavy atom. The average Bonchev–Trinajstić information content (AvgIpc) is 2.14. The molecule has 72 valence electrons. The summed E-state index contributed by atoms with van der Waals surface area (Å²) in [6, 6.07) is 0. The zero-order chi connectivity index (χ0) is 9.40. The highest BCUT2D eigenvalue weighted by atomic mass is 28.3. The maximum Gasteiger partial charge on any atom is 0.166 e. The summed E-state index contributed by atoms with van der Waals surface area (Å²) >= 11 is 0. The van der Waals surface area contributed by atoms with E-state index in [0.29, 0.717) is 0 Å². The van der Waals surface area contributed by atoms with E-state index >= 15 is 0 Å². The van der Waals surface area contributed by atoms with Crippen molar-refractivity contribution in [1.29, 1.82) is 0 Å². The van der Waals surface area contributed by atoms with Gasteiger partial charge in [0.2, 0.25) is 0 Å². The summed E-state index contributed by atoms with van der Waals surface area (Å²) in [4.78, 5) is 8.19. The molecule has 1 rings (SSSR count). The zero-order valence-electron chi connectivity index (χ0n) is 8.59. The van der Waals surface area contributed by atoms with Gasteiger partial charge in [-0.05, 0) is 38.3 Å². The molecule has 0 saturated heterocycles. The molecular formula is C10H22OSi. The Hall–Kier alpha value is -0.0831. The summed E-state index contributed by atoms with van der Waals surface area (Å²) in [6.07, 6.45) is 10.2. The average molecular weight is 186 g/mol. The molecule has 0 amide bonds. The lowest BCUT2D eigenvalue weighted by Crippen LogP contribution is -1.93. The Bertz CT molecular complexity index is 118. The molecule has 0 aliphatic heterocycles. The van der Waals surface area contributed by atoms with Gasteiger partial charge in [0.15, 0.2) is 9.04 Å². The molecule has 1 atom stereocenters. The van der Waals surface area contributed by atoms with Crippen molar-refractivity contribution < 1.29 is 4.80 Å². The van der Waals surface area contributed by atoms with Gasteiger partial charge < -0.3 is 4.80 Å². The normalized spacial score (nSPS) is 22.9. The van der Waals surface area contributed by atoms with E-state index in [2.05, 4.69) is 19.1 Å². The van der Waals surface area contributed by atoms with Crippen LogP contribution in [0.15, 0.2) is 12.2 Å². The lowest BCUT2D eigenvalue weighted by molar-refractivity contribution is 0.587. The second-order valence-corrected chi connectivity index (χ2v) is 5.97. The summed E-state index contributed by atoms with van der Waals surface area (Å²) in [5, 5.41) is 0. The fraction of sp³-hybridized carbons (Fsp3) is 0.800. The Balaban J connectivity index is 0.000000261. The fourth-order valence-electron chi connectivity index (χ4n) is 1.15. The lowest BCUT2D eigenvalue weighted by atomic mass is 10.1. The second kappa shape index (κ2) is 7.56. The van der Waals surface area contributed by atoms with Gasteiger partial charge in [-0.3, -0.25) is 0 Å². The molecule has 0 spiro atoms. The van der Waals surface area contributed by atoms with Gasteiger partial charge in [0.1, 0.15) is 0 Å². The summed E-state index contributed by atoms with van der Waals surface area (Å²) < 4.78 is 0. The molecule has 2 heteroatoms. The fourth-order valence-corrected chi connectivity index (χ4v) is 1.15. The van der Waals surface area contributed by atoms with E-state index in [1.54, 1.807) is 0 Å². The standard InChI is InChI=1S/C8H14.C2H8OSi/c1-8-6-4-2-3-5-7-8;1-4(2)3/h4,6,8H,2-3,5,7H2,1H3;3-4H,1-2H3. The van der Waals surface area contributed by atoms with E-state index in [0.717, 1.165) is 5.92 Å². The molecule has 1 unspecified atom stereocenters. The largest absolute Gasteiger partial charge is 0.435 e. The van der Waals surface area contributed by atoms with Crippen LogP contribution in [0.1, 0.15) is 32.6 Å². The van der Waals surface area contributed by atoms with Gasteiger partial charge in [0.05, 0.1) is 0 Å². The lowest BCUT2D eigenvalue weighted by Gasteiger charge is -1.98. The van der Waals surface area contributed by atoms with Crippen LogP contribution in [0.3, 0.4) is 0 Å². The monoisotopic (exact) mass is 186 g/mol. The minimum atomic E-state index is -1.14. The van der Waals surface area contributed by atoms with Crippen LogP contribution in [0.4, 0.5) is 0 Å². The SMILES string of the molecule is CC1C=CCCCC1.C[SiH](C)O. The van der Waals surface area contributed by atoms with Gasteiger partial charge in [0.25, 0.3) is 0 Å². The third-order valence-corrected chi connectivity index (χ3v) is 1.74. The van der Waals surface area contributed by atoms with E-state index in [1.807, 2.05) is 13.1 Å². The molecule has 1 N–H and O–H groups in total. The maximum absolute atomic E-state index is 8.19. The molecule has 1 aliphatic rings. The van der Waals surface area contributed by atoms with Crippen LogP contribution in [0.25, 0.3) is 0 Å². The van der Waals surface area contributed by atoms with Gasteiger partial charge in [-0.15, -0.1) is 0 Å². The predicted molar refractivity (Wildman–Crippen MR) is 57.9 cm³/mol. The maximum atomic E-state index is 8.19. The van der Waals surface area contributed by atoms with Crippen LogP contribution in [-0.2, 0) is 0 Å². The molecule has 0 bridgehead atoms. The van der Waals surface area contributed by atoms with Crippen molar-refractivity contribution >= 4 is 9.04 Å². The highest BCUT2D eigenvalue weighted by molar-refractivity contribution is 6.46. The van der Waals surface area contributed by atoms with Crippen LogP contribution in [0.2, 0.25) is 13.1 Å². The van der Waals surface area contributed by atoms with Crippen molar-refractivity contribution in [3.63, 3.8) is 0 Å². The molecule has 1 aliphatic carbocycles. The third-order valence-electron chi connectivity index (χ3n) is 1.74. The van der Waals surface area contributed by atoms with E-state index < -0.39 is 9.04 Å². The van der Waals surface area contributed by atoms with Crippen LogP contribution in [0, 0.1) is 5.92 Å². The van der Waals surface area contributed by atoms with Crippen LogP contribution in [0.5, 0.6) is 0 Å². The predicted octanol–water partition coefficient (Wildman–Crippen LogP) is 2.71. The Morgan fingerprint density at radius 3 is 2.50 bits per heavy atom. The number of allylic oxidation sites excluding steroid dienone is 2. The van der Waals surface area contributed by atoms with Gasteiger partial charge in [-0.25, -0.2) is 0 Å². The van der Waals surface area contributed by atoms with E-state index in [4.69, 9.17) is 4.80 Å². The van der Waals surface area contributed by atoms with Gasteiger partial charge in [-0.2, -0.15) is 0 Å². The van der Waals surface area contributed by atoms with Crippen molar-refractivity contribution in [1.82, 2.24) is 0 Å². The van der Waals surface area contributed by atoms with Crippen molar-refractivity contribution in [2.75, 3.05) is 0 Å².